The average molecular weight is 283 g/mol. The Morgan fingerprint density at radius 3 is 2.62 bits per heavy atom. The van der Waals surface area contributed by atoms with E-state index in [0.29, 0.717) is 12.0 Å². The molecule has 4 heteroatoms. The number of benzene rings is 1. The first kappa shape index (κ1) is 14.8. The minimum Gasteiger partial charge on any atom is -0.467 e. The van der Waals surface area contributed by atoms with Crippen molar-refractivity contribution < 1.29 is 14.3 Å². The Kier molecular flexibility index (Phi) is 4.08. The van der Waals surface area contributed by atoms with E-state index in [2.05, 4.69) is 18.5 Å². The van der Waals surface area contributed by atoms with Crippen molar-refractivity contribution in [3.8, 4) is 0 Å². The lowest BCUT2D eigenvalue weighted by Gasteiger charge is -2.33. The second-order valence-corrected chi connectivity index (χ2v) is 4.86. The van der Waals surface area contributed by atoms with Crippen LogP contribution in [0.4, 0.5) is 0 Å². The van der Waals surface area contributed by atoms with Crippen molar-refractivity contribution in [1.82, 2.24) is 5.32 Å². The molecule has 1 N–H and O–H groups in total. The fraction of sp³-hybridized carbons (Fsp3) is 0.176. The van der Waals surface area contributed by atoms with E-state index in [1.165, 1.54) is 13.2 Å². The van der Waals surface area contributed by atoms with E-state index >= 15 is 0 Å². The highest BCUT2D eigenvalue weighted by atomic mass is 16.5. The molecule has 0 spiro atoms. The lowest BCUT2D eigenvalue weighted by molar-refractivity contribution is -0.148. The number of nitrogens with one attached hydrogen (secondary N) is 1. The second-order valence-electron chi connectivity index (χ2n) is 4.86. The van der Waals surface area contributed by atoms with E-state index in [1.807, 2.05) is 30.3 Å². The first-order chi connectivity index (χ1) is 10.0. The number of hydrogen-bond donors (Lipinski definition) is 1. The van der Waals surface area contributed by atoms with Gasteiger partial charge in [0, 0.05) is 12.0 Å². The molecule has 0 fully saturated rings. The highest BCUT2D eigenvalue weighted by molar-refractivity contribution is 6.04. The van der Waals surface area contributed by atoms with Crippen LogP contribution < -0.4 is 5.32 Å². The van der Waals surface area contributed by atoms with Crippen LogP contribution in [0.2, 0.25) is 0 Å². The van der Waals surface area contributed by atoms with Gasteiger partial charge in [0.25, 0.3) is 5.91 Å². The Labute approximate surface area is 123 Å². The van der Waals surface area contributed by atoms with Gasteiger partial charge in [-0.2, -0.15) is 0 Å². The van der Waals surface area contributed by atoms with E-state index in [1.54, 1.807) is 6.08 Å². The summed E-state index contributed by atoms with van der Waals surface area (Å²) in [6, 6.07) is 9.42. The van der Waals surface area contributed by atoms with E-state index in [0.717, 1.165) is 5.56 Å². The SMILES string of the molecule is C=CC1=CC(Cc2ccccc2)(C(=O)OC)NC(=O)C1=C. The Balaban J connectivity index is 2.50. The topological polar surface area (TPSA) is 55.4 Å². The fourth-order valence-electron chi connectivity index (χ4n) is 2.36. The molecule has 0 bridgehead atoms. The maximum atomic E-state index is 12.3. The van der Waals surface area contributed by atoms with Crippen LogP contribution in [0.1, 0.15) is 5.56 Å². The Hall–Kier alpha value is -2.62. The third kappa shape index (κ3) is 2.79. The minimum atomic E-state index is -1.24. The van der Waals surface area contributed by atoms with Gasteiger partial charge in [-0.15, -0.1) is 0 Å². The Bertz CT molecular complexity index is 631. The van der Waals surface area contributed by atoms with Crippen LogP contribution in [0.5, 0.6) is 0 Å². The van der Waals surface area contributed by atoms with Gasteiger partial charge in [0.15, 0.2) is 5.54 Å². The van der Waals surface area contributed by atoms with Gasteiger partial charge in [0.1, 0.15) is 0 Å². The van der Waals surface area contributed by atoms with Gasteiger partial charge in [-0.3, -0.25) is 4.79 Å². The predicted molar refractivity (Wildman–Crippen MR) is 80.5 cm³/mol. The molecule has 1 aliphatic heterocycles. The van der Waals surface area contributed by atoms with Crippen LogP contribution in [0.3, 0.4) is 0 Å². The number of allylic oxidation sites excluding steroid dienone is 1. The van der Waals surface area contributed by atoms with Crippen molar-refractivity contribution in [2.75, 3.05) is 7.11 Å². The van der Waals surface area contributed by atoms with Gasteiger partial charge >= 0.3 is 5.97 Å². The van der Waals surface area contributed by atoms with E-state index in [9.17, 15) is 9.59 Å². The summed E-state index contributed by atoms with van der Waals surface area (Å²) in [5.74, 6) is -0.916. The standard InChI is InChI=1S/C17H17NO3/c1-4-14-11-17(16(20)21-3,18-15(19)12(14)2)10-13-8-6-5-7-9-13/h4-9,11H,1-2,10H2,3H3,(H,18,19). The van der Waals surface area contributed by atoms with Crippen LogP contribution in [0, 0.1) is 0 Å². The van der Waals surface area contributed by atoms with Gasteiger partial charge in [-0.1, -0.05) is 49.6 Å². The molecule has 0 aliphatic carbocycles. The molecule has 1 unspecified atom stereocenters. The highest BCUT2D eigenvalue weighted by Gasteiger charge is 2.43. The third-order valence-electron chi connectivity index (χ3n) is 3.46. The zero-order valence-electron chi connectivity index (χ0n) is 11.9. The van der Waals surface area contributed by atoms with Gasteiger partial charge in [-0.25, -0.2) is 4.79 Å². The van der Waals surface area contributed by atoms with Crippen molar-refractivity contribution in [2.45, 2.75) is 12.0 Å². The molecule has 0 radical (unpaired) electrons. The quantitative estimate of drug-likeness (QED) is 0.678. The molecule has 0 saturated heterocycles. The molecule has 108 valence electrons. The number of esters is 1. The number of methoxy groups -OCH3 is 1. The molecule has 4 nitrogen and oxygen atoms in total. The fourth-order valence-corrected chi connectivity index (χ4v) is 2.36. The maximum Gasteiger partial charge on any atom is 0.336 e. The zero-order chi connectivity index (χ0) is 15.5. The number of amides is 1. The molecule has 0 saturated carbocycles. The highest BCUT2D eigenvalue weighted by Crippen LogP contribution is 2.27. The van der Waals surface area contributed by atoms with Crippen LogP contribution in [-0.4, -0.2) is 24.5 Å². The summed E-state index contributed by atoms with van der Waals surface area (Å²) in [6.45, 7) is 7.37. The summed E-state index contributed by atoms with van der Waals surface area (Å²) in [5, 5.41) is 2.71. The predicted octanol–water partition coefficient (Wildman–Crippen LogP) is 1.94. The molecular weight excluding hydrogens is 266 g/mol. The normalized spacial score (nSPS) is 21.3. The molecule has 1 aliphatic rings. The van der Waals surface area contributed by atoms with Gasteiger partial charge in [0.05, 0.1) is 7.11 Å². The molecule has 21 heavy (non-hydrogen) atoms. The summed E-state index contributed by atoms with van der Waals surface area (Å²) in [5.41, 5.74) is 0.505. The third-order valence-corrected chi connectivity index (χ3v) is 3.46. The maximum absolute atomic E-state index is 12.3. The molecule has 1 aromatic carbocycles. The summed E-state index contributed by atoms with van der Waals surface area (Å²) >= 11 is 0. The van der Waals surface area contributed by atoms with Crippen LogP contribution in [0.15, 0.2) is 66.8 Å². The van der Waals surface area contributed by atoms with Crippen molar-refractivity contribution in [2.24, 2.45) is 0 Å². The van der Waals surface area contributed by atoms with Gasteiger partial charge in [0.2, 0.25) is 0 Å². The smallest absolute Gasteiger partial charge is 0.336 e. The van der Waals surface area contributed by atoms with Crippen molar-refractivity contribution in [3.63, 3.8) is 0 Å². The lowest BCUT2D eigenvalue weighted by atomic mass is 9.83. The zero-order valence-corrected chi connectivity index (χ0v) is 11.9. The minimum absolute atomic E-state index is 0.289. The summed E-state index contributed by atoms with van der Waals surface area (Å²) in [7, 11) is 1.30. The number of carbonyl (C=O) groups is 2. The average Bonchev–Trinajstić information content (AvgIpc) is 2.51. The van der Waals surface area contributed by atoms with E-state index in [4.69, 9.17) is 4.74 Å². The molecule has 0 aromatic heterocycles. The monoisotopic (exact) mass is 283 g/mol. The van der Waals surface area contributed by atoms with Crippen molar-refractivity contribution in [1.29, 1.82) is 0 Å². The largest absolute Gasteiger partial charge is 0.467 e. The van der Waals surface area contributed by atoms with Gasteiger partial charge in [-0.05, 0) is 17.2 Å². The Morgan fingerprint density at radius 1 is 1.38 bits per heavy atom. The summed E-state index contributed by atoms with van der Waals surface area (Å²) < 4.78 is 4.88. The number of ether oxygens (including phenoxy) is 1. The summed E-state index contributed by atoms with van der Waals surface area (Å²) in [4.78, 5) is 24.3. The number of hydrogen-bond acceptors (Lipinski definition) is 3. The molecular formula is C17H17NO3. The lowest BCUT2D eigenvalue weighted by Crippen LogP contribution is -2.58. The number of rotatable bonds is 4. The Morgan fingerprint density at radius 2 is 2.05 bits per heavy atom. The molecule has 1 atom stereocenters. The van der Waals surface area contributed by atoms with E-state index < -0.39 is 17.4 Å². The van der Waals surface area contributed by atoms with Crippen LogP contribution in [0.25, 0.3) is 0 Å². The second kappa shape index (κ2) is 5.79. The molecule has 1 aromatic rings. The number of carbonyl (C=O) groups excluding carboxylic acids is 2. The summed E-state index contributed by atoms with van der Waals surface area (Å²) in [6.07, 6.45) is 3.48. The molecule has 1 amide bonds. The first-order valence-corrected chi connectivity index (χ1v) is 6.52. The van der Waals surface area contributed by atoms with Crippen LogP contribution >= 0.6 is 0 Å². The molecule has 2 rings (SSSR count). The van der Waals surface area contributed by atoms with Crippen molar-refractivity contribution >= 4 is 11.9 Å². The molecule has 1 heterocycles. The first-order valence-electron chi connectivity index (χ1n) is 6.52. The van der Waals surface area contributed by atoms with E-state index in [-0.39, 0.29) is 5.57 Å². The van der Waals surface area contributed by atoms with Crippen molar-refractivity contribution in [3.05, 3.63) is 72.4 Å². The van der Waals surface area contributed by atoms with Gasteiger partial charge < -0.3 is 10.1 Å². The van der Waals surface area contributed by atoms with Crippen LogP contribution in [-0.2, 0) is 20.7 Å².